The van der Waals surface area contributed by atoms with Gasteiger partial charge in [-0.15, -0.1) is 0 Å². The number of carbonyl (C=O) groups excluding carboxylic acids is 2. The predicted octanol–water partition coefficient (Wildman–Crippen LogP) is 0.680. The largest absolute Gasteiger partial charge is 0.370 e. The molecule has 1 rings (SSSR count). The number of nitrogens with two attached hydrogens (primary N) is 1. The van der Waals surface area contributed by atoms with Crippen LogP contribution >= 0.6 is 0 Å². The molecule has 4 N–H and O–H groups in total. The third-order valence-corrected chi connectivity index (χ3v) is 3.28. The fourth-order valence-corrected chi connectivity index (χ4v) is 2.29. The Bertz CT molecular complexity index is 261. The van der Waals surface area contributed by atoms with Crippen LogP contribution in [0.5, 0.6) is 0 Å². The molecule has 0 spiro atoms. The molecule has 0 atom stereocenters. The molecular weight excluding hydrogens is 230 g/mol. The highest BCUT2D eigenvalue weighted by molar-refractivity contribution is 5.78. The van der Waals surface area contributed by atoms with E-state index in [0.717, 1.165) is 12.8 Å². The number of rotatable bonds is 7. The van der Waals surface area contributed by atoms with Gasteiger partial charge in [-0.05, 0) is 25.8 Å². The van der Waals surface area contributed by atoms with Gasteiger partial charge >= 0.3 is 0 Å². The van der Waals surface area contributed by atoms with E-state index in [1.54, 1.807) is 0 Å². The summed E-state index contributed by atoms with van der Waals surface area (Å²) in [7, 11) is 0. The molecule has 0 aromatic carbocycles. The molecule has 104 valence electrons. The lowest BCUT2D eigenvalue weighted by molar-refractivity contribution is -0.121. The molecule has 0 saturated heterocycles. The molecule has 0 unspecified atom stereocenters. The normalized spacial score (nSPS) is 17.1. The Morgan fingerprint density at radius 3 is 2.39 bits per heavy atom. The fourth-order valence-electron chi connectivity index (χ4n) is 2.29. The average molecular weight is 255 g/mol. The van der Waals surface area contributed by atoms with E-state index < -0.39 is 0 Å². The molecule has 1 saturated carbocycles. The van der Waals surface area contributed by atoms with E-state index in [-0.39, 0.29) is 11.8 Å². The molecule has 2 amide bonds. The quantitative estimate of drug-likeness (QED) is 0.462. The summed E-state index contributed by atoms with van der Waals surface area (Å²) in [6.07, 6.45) is 8.29. The van der Waals surface area contributed by atoms with Crippen molar-refractivity contribution in [3.8, 4) is 0 Å². The second-order valence-corrected chi connectivity index (χ2v) is 5.00. The molecule has 1 fully saturated rings. The maximum absolute atomic E-state index is 11.7. The Morgan fingerprint density at radius 1 is 1.11 bits per heavy atom. The van der Waals surface area contributed by atoms with Crippen molar-refractivity contribution in [2.75, 3.05) is 13.1 Å². The van der Waals surface area contributed by atoms with Crippen LogP contribution in [0.25, 0.3) is 0 Å². The summed E-state index contributed by atoms with van der Waals surface area (Å²) in [5.41, 5.74) is 5.03. The highest BCUT2D eigenvalue weighted by Crippen LogP contribution is 2.16. The van der Waals surface area contributed by atoms with Crippen LogP contribution in [-0.2, 0) is 9.59 Å². The molecular formula is C13H25N3O2. The lowest BCUT2D eigenvalue weighted by atomic mass is 10.1. The first kappa shape index (κ1) is 15.0. The number of nitrogens with one attached hydrogen (secondary N) is 2. The van der Waals surface area contributed by atoms with Crippen LogP contribution in [0.3, 0.4) is 0 Å². The molecule has 0 aliphatic heterocycles. The molecule has 0 heterocycles. The second kappa shape index (κ2) is 8.91. The number of hydrogen-bond donors (Lipinski definition) is 3. The molecule has 5 nitrogen and oxygen atoms in total. The Hall–Kier alpha value is -1.10. The van der Waals surface area contributed by atoms with Gasteiger partial charge in [-0.3, -0.25) is 9.59 Å². The van der Waals surface area contributed by atoms with E-state index in [4.69, 9.17) is 5.73 Å². The molecule has 1 aliphatic rings. The van der Waals surface area contributed by atoms with E-state index in [2.05, 4.69) is 10.6 Å². The Balaban J connectivity index is 2.03. The maximum atomic E-state index is 11.7. The number of amides is 2. The third kappa shape index (κ3) is 7.27. The monoisotopic (exact) mass is 255 g/mol. The van der Waals surface area contributed by atoms with E-state index in [9.17, 15) is 9.59 Å². The highest BCUT2D eigenvalue weighted by atomic mass is 16.2. The minimum atomic E-state index is -0.292. The summed E-state index contributed by atoms with van der Waals surface area (Å²) in [5, 5.41) is 6.09. The zero-order chi connectivity index (χ0) is 13.2. The van der Waals surface area contributed by atoms with Gasteiger partial charge in [0.1, 0.15) is 0 Å². The summed E-state index contributed by atoms with van der Waals surface area (Å²) >= 11 is 0. The van der Waals surface area contributed by atoms with E-state index in [1.807, 2.05) is 0 Å². The first-order chi connectivity index (χ1) is 8.68. The maximum Gasteiger partial charge on any atom is 0.234 e. The summed E-state index contributed by atoms with van der Waals surface area (Å²) in [6, 6.07) is 0.354. The van der Waals surface area contributed by atoms with Gasteiger partial charge in [0.2, 0.25) is 11.8 Å². The number of hydrogen-bond acceptors (Lipinski definition) is 3. The molecule has 5 heteroatoms. The van der Waals surface area contributed by atoms with Crippen molar-refractivity contribution in [1.29, 1.82) is 0 Å². The number of primary amides is 1. The lowest BCUT2D eigenvalue weighted by Crippen LogP contribution is -2.40. The van der Waals surface area contributed by atoms with Gasteiger partial charge in [-0.2, -0.15) is 0 Å². The predicted molar refractivity (Wildman–Crippen MR) is 70.9 cm³/mol. The second-order valence-electron chi connectivity index (χ2n) is 5.00. The molecule has 0 aromatic heterocycles. The summed E-state index contributed by atoms with van der Waals surface area (Å²) in [4.78, 5) is 22.2. The van der Waals surface area contributed by atoms with E-state index >= 15 is 0 Å². The van der Waals surface area contributed by atoms with Crippen molar-refractivity contribution in [2.45, 2.75) is 57.4 Å². The van der Waals surface area contributed by atoms with Crippen LogP contribution in [0.15, 0.2) is 0 Å². The van der Waals surface area contributed by atoms with Crippen LogP contribution in [0, 0.1) is 0 Å². The molecule has 0 radical (unpaired) electrons. The number of carbonyl (C=O) groups is 2. The summed E-state index contributed by atoms with van der Waals surface area (Å²) < 4.78 is 0. The topological polar surface area (TPSA) is 84.2 Å². The molecule has 18 heavy (non-hydrogen) atoms. The van der Waals surface area contributed by atoms with Gasteiger partial charge < -0.3 is 16.4 Å². The summed E-state index contributed by atoms with van der Waals surface area (Å²) in [5.74, 6) is -0.235. The first-order valence-electron chi connectivity index (χ1n) is 6.97. The van der Waals surface area contributed by atoms with Crippen molar-refractivity contribution < 1.29 is 9.59 Å². The highest BCUT2D eigenvalue weighted by Gasteiger charge is 2.13. The van der Waals surface area contributed by atoms with E-state index in [0.29, 0.717) is 32.0 Å². The standard InChI is InChI=1S/C13H25N3O2/c14-12(17)8-5-9-15-10-13(18)16-11-6-3-1-2-4-7-11/h11,15H,1-10H2,(H2,14,17)(H,16,18). The van der Waals surface area contributed by atoms with Crippen molar-refractivity contribution in [3.05, 3.63) is 0 Å². The van der Waals surface area contributed by atoms with E-state index in [1.165, 1.54) is 25.7 Å². The Labute approximate surface area is 109 Å². The van der Waals surface area contributed by atoms with Crippen LogP contribution in [0.2, 0.25) is 0 Å². The minimum absolute atomic E-state index is 0.0565. The molecule has 0 bridgehead atoms. The average Bonchev–Trinajstić information content (AvgIpc) is 2.56. The third-order valence-electron chi connectivity index (χ3n) is 3.28. The van der Waals surface area contributed by atoms with Gasteiger partial charge in [0.25, 0.3) is 0 Å². The van der Waals surface area contributed by atoms with Crippen LogP contribution in [0.1, 0.15) is 51.4 Å². The van der Waals surface area contributed by atoms with Gasteiger partial charge in [0.15, 0.2) is 0 Å². The molecule has 0 aromatic rings. The van der Waals surface area contributed by atoms with Gasteiger partial charge in [-0.25, -0.2) is 0 Å². The van der Waals surface area contributed by atoms with Crippen LogP contribution in [0.4, 0.5) is 0 Å². The van der Waals surface area contributed by atoms with Crippen molar-refractivity contribution in [3.63, 3.8) is 0 Å². The van der Waals surface area contributed by atoms with Crippen LogP contribution in [-0.4, -0.2) is 30.9 Å². The summed E-state index contributed by atoms with van der Waals surface area (Å²) in [6.45, 7) is 0.982. The Kier molecular flexibility index (Phi) is 7.41. The first-order valence-corrected chi connectivity index (χ1v) is 6.97. The van der Waals surface area contributed by atoms with Crippen molar-refractivity contribution in [1.82, 2.24) is 10.6 Å². The van der Waals surface area contributed by atoms with Gasteiger partial charge in [-0.1, -0.05) is 25.7 Å². The van der Waals surface area contributed by atoms with Gasteiger partial charge in [0, 0.05) is 12.5 Å². The van der Waals surface area contributed by atoms with Crippen molar-refractivity contribution in [2.24, 2.45) is 5.73 Å². The van der Waals surface area contributed by atoms with Crippen molar-refractivity contribution >= 4 is 11.8 Å². The smallest absolute Gasteiger partial charge is 0.234 e. The molecule has 1 aliphatic carbocycles. The Morgan fingerprint density at radius 2 is 1.78 bits per heavy atom. The SMILES string of the molecule is NC(=O)CCCNCC(=O)NC1CCCCCC1. The lowest BCUT2D eigenvalue weighted by Gasteiger charge is -2.16. The van der Waals surface area contributed by atoms with Gasteiger partial charge in [0.05, 0.1) is 6.54 Å². The minimum Gasteiger partial charge on any atom is -0.370 e. The zero-order valence-electron chi connectivity index (χ0n) is 11.0. The fraction of sp³-hybridized carbons (Fsp3) is 0.846. The zero-order valence-corrected chi connectivity index (χ0v) is 11.0. The van der Waals surface area contributed by atoms with Crippen LogP contribution < -0.4 is 16.4 Å².